The third kappa shape index (κ3) is 4.68. The molecule has 224 valence electrons. The first kappa shape index (κ1) is 26.4. The Morgan fingerprint density at radius 3 is 2.40 bits per heavy atom. The molecule has 0 radical (unpaired) electrons. The summed E-state index contributed by atoms with van der Waals surface area (Å²) in [5, 5.41) is 31.8. The lowest BCUT2D eigenvalue weighted by Gasteiger charge is -2.58. The molecule has 1 spiro atoms. The molecule has 3 N–H and O–H groups in total. The number of para-hydroxylation sites is 1. The van der Waals surface area contributed by atoms with Crippen molar-refractivity contribution in [2.24, 2.45) is 11.3 Å². The third-order valence-electron chi connectivity index (χ3n) is 10.3. The van der Waals surface area contributed by atoms with Crippen LogP contribution in [0.2, 0.25) is 0 Å². The zero-order valence-electron chi connectivity index (χ0n) is 24.1. The summed E-state index contributed by atoms with van der Waals surface area (Å²) < 4.78 is 0. The van der Waals surface area contributed by atoms with E-state index < -0.39 is 5.97 Å². The number of benzene rings is 1. The summed E-state index contributed by atoms with van der Waals surface area (Å²) in [6.45, 7) is 7.49. The summed E-state index contributed by atoms with van der Waals surface area (Å²) in [5.41, 5.74) is 2.62. The molecule has 3 aromatic rings. The van der Waals surface area contributed by atoms with Crippen LogP contribution in [0.5, 0.6) is 5.75 Å². The number of phenolic OH excluding ortho intramolecular Hbond substituents is 1. The van der Waals surface area contributed by atoms with Crippen LogP contribution in [0.3, 0.4) is 0 Å². The number of hydrogen-bond acceptors (Lipinski definition) is 11. The normalized spacial score (nSPS) is 23.6. The molecule has 8 rings (SSSR count). The standard InChI is InChI=1S/C31H37N9O3/c41-26-4-2-1-3-23(26)24-11-25-29(36-35-24)34-14-22-17-38(9-10-40(22)25)21-5-7-37(8-6-21)27-15-33-28(16-32-27)39-18-31(19-39)12-20(13-31)30(42)43/h1-4,11,15-16,20-22,41H,5-10,12-14,17-19H2,(H,34,36)(H,42,43)/t22-/m0/s1. The second-order valence-electron chi connectivity index (χ2n) is 13.0. The van der Waals surface area contributed by atoms with Gasteiger partial charge in [-0.3, -0.25) is 9.69 Å². The van der Waals surface area contributed by atoms with E-state index in [1.807, 2.05) is 30.6 Å². The number of carboxylic acid groups (broad SMARTS) is 1. The van der Waals surface area contributed by atoms with Gasteiger partial charge in [0.05, 0.1) is 35.7 Å². The molecule has 0 bridgehead atoms. The van der Waals surface area contributed by atoms with Gasteiger partial charge in [0, 0.05) is 69.4 Å². The number of carbonyl (C=O) groups is 1. The Bertz CT molecular complexity index is 1510. The Morgan fingerprint density at radius 1 is 0.930 bits per heavy atom. The van der Waals surface area contributed by atoms with Crippen LogP contribution in [0, 0.1) is 11.3 Å². The maximum Gasteiger partial charge on any atom is 0.306 e. The molecule has 6 heterocycles. The fraction of sp³-hybridized carbons (Fsp3) is 0.516. The second kappa shape index (κ2) is 10.2. The summed E-state index contributed by atoms with van der Waals surface area (Å²) in [6, 6.07) is 10.2. The van der Waals surface area contributed by atoms with Crippen molar-refractivity contribution in [1.29, 1.82) is 0 Å². The van der Waals surface area contributed by atoms with Gasteiger partial charge in [0.2, 0.25) is 0 Å². The Hall–Kier alpha value is -4.19. The molecule has 12 heteroatoms. The molecular formula is C31H37N9O3. The first-order valence-corrected chi connectivity index (χ1v) is 15.4. The highest BCUT2D eigenvalue weighted by Gasteiger charge is 2.55. The summed E-state index contributed by atoms with van der Waals surface area (Å²) in [4.78, 5) is 30.3. The van der Waals surface area contributed by atoms with Crippen molar-refractivity contribution in [2.75, 3.05) is 72.4 Å². The first-order valence-electron chi connectivity index (χ1n) is 15.4. The number of rotatable bonds is 5. The van der Waals surface area contributed by atoms with Crippen LogP contribution in [0.15, 0.2) is 42.7 Å². The van der Waals surface area contributed by atoms with Gasteiger partial charge in [0.15, 0.2) is 5.82 Å². The van der Waals surface area contributed by atoms with Crippen LogP contribution in [0.4, 0.5) is 23.1 Å². The number of hydrogen-bond donors (Lipinski definition) is 3. The van der Waals surface area contributed by atoms with Gasteiger partial charge < -0.3 is 30.2 Å². The van der Waals surface area contributed by atoms with Crippen molar-refractivity contribution in [1.82, 2.24) is 25.1 Å². The molecule has 1 saturated carbocycles. The zero-order valence-corrected chi connectivity index (χ0v) is 24.1. The maximum absolute atomic E-state index is 11.2. The van der Waals surface area contributed by atoms with E-state index in [-0.39, 0.29) is 17.1 Å². The highest BCUT2D eigenvalue weighted by Crippen LogP contribution is 2.52. The number of carboxylic acids is 1. The summed E-state index contributed by atoms with van der Waals surface area (Å²) >= 11 is 0. The van der Waals surface area contributed by atoms with Crippen molar-refractivity contribution >= 4 is 29.1 Å². The molecule has 1 aliphatic carbocycles. The molecule has 0 amide bonds. The number of anilines is 4. The molecular weight excluding hydrogens is 546 g/mol. The van der Waals surface area contributed by atoms with E-state index in [0.29, 0.717) is 23.3 Å². The molecule has 5 aliphatic rings. The van der Waals surface area contributed by atoms with Crippen LogP contribution in [0.1, 0.15) is 25.7 Å². The van der Waals surface area contributed by atoms with Gasteiger partial charge in [0.1, 0.15) is 17.4 Å². The molecule has 4 aliphatic heterocycles. The van der Waals surface area contributed by atoms with Crippen molar-refractivity contribution < 1.29 is 15.0 Å². The highest BCUT2D eigenvalue weighted by molar-refractivity contribution is 5.76. The van der Waals surface area contributed by atoms with E-state index >= 15 is 0 Å². The van der Waals surface area contributed by atoms with Gasteiger partial charge >= 0.3 is 5.97 Å². The molecule has 4 fully saturated rings. The number of piperidine rings is 1. The number of nitrogens with one attached hydrogen (secondary N) is 1. The van der Waals surface area contributed by atoms with E-state index in [2.05, 4.69) is 41.2 Å². The number of fused-ring (bicyclic) bond motifs is 3. The minimum Gasteiger partial charge on any atom is -0.507 e. The summed E-state index contributed by atoms with van der Waals surface area (Å²) in [7, 11) is 0. The van der Waals surface area contributed by atoms with Gasteiger partial charge in [0.25, 0.3) is 0 Å². The van der Waals surface area contributed by atoms with E-state index in [9.17, 15) is 15.0 Å². The minimum atomic E-state index is -0.661. The second-order valence-corrected chi connectivity index (χ2v) is 13.0. The highest BCUT2D eigenvalue weighted by atomic mass is 16.4. The smallest absolute Gasteiger partial charge is 0.306 e. The lowest BCUT2D eigenvalue weighted by Crippen LogP contribution is -2.63. The predicted octanol–water partition coefficient (Wildman–Crippen LogP) is 2.53. The lowest BCUT2D eigenvalue weighted by molar-refractivity contribution is -0.151. The fourth-order valence-corrected chi connectivity index (χ4v) is 7.91. The van der Waals surface area contributed by atoms with Gasteiger partial charge in [-0.05, 0) is 43.9 Å². The van der Waals surface area contributed by atoms with E-state index in [1.165, 1.54) is 0 Å². The van der Waals surface area contributed by atoms with E-state index in [4.69, 9.17) is 9.97 Å². The first-order chi connectivity index (χ1) is 20.9. The van der Waals surface area contributed by atoms with Crippen LogP contribution >= 0.6 is 0 Å². The largest absolute Gasteiger partial charge is 0.507 e. The summed E-state index contributed by atoms with van der Waals surface area (Å²) in [5.74, 6) is 2.02. The van der Waals surface area contributed by atoms with Crippen LogP contribution in [0.25, 0.3) is 11.3 Å². The van der Waals surface area contributed by atoms with Crippen LogP contribution in [-0.4, -0.2) is 106 Å². The number of piperazine rings is 1. The lowest BCUT2D eigenvalue weighted by atomic mass is 9.58. The van der Waals surface area contributed by atoms with Crippen LogP contribution < -0.4 is 20.0 Å². The number of nitrogens with zero attached hydrogens (tertiary/aromatic N) is 8. The Kier molecular flexibility index (Phi) is 6.28. The molecule has 2 aromatic heterocycles. The molecule has 1 atom stereocenters. The molecule has 43 heavy (non-hydrogen) atoms. The van der Waals surface area contributed by atoms with Gasteiger partial charge in [-0.15, -0.1) is 10.2 Å². The summed E-state index contributed by atoms with van der Waals surface area (Å²) in [6.07, 6.45) is 7.55. The predicted molar refractivity (Wildman–Crippen MR) is 163 cm³/mol. The average molecular weight is 584 g/mol. The van der Waals surface area contributed by atoms with Crippen molar-refractivity contribution in [3.05, 3.63) is 42.7 Å². The topological polar surface area (TPSA) is 134 Å². The molecule has 0 unspecified atom stereocenters. The van der Waals surface area contributed by atoms with Gasteiger partial charge in [-0.2, -0.15) is 0 Å². The monoisotopic (exact) mass is 583 g/mol. The Balaban J connectivity index is 0.854. The zero-order chi connectivity index (χ0) is 29.1. The van der Waals surface area contributed by atoms with Crippen molar-refractivity contribution in [3.63, 3.8) is 0 Å². The fourth-order valence-electron chi connectivity index (χ4n) is 7.91. The molecule has 12 nitrogen and oxygen atoms in total. The maximum atomic E-state index is 11.2. The number of phenols is 1. The number of aromatic hydroxyl groups is 1. The van der Waals surface area contributed by atoms with E-state index in [0.717, 1.165) is 101 Å². The van der Waals surface area contributed by atoms with Crippen molar-refractivity contribution in [2.45, 2.75) is 37.8 Å². The quantitative estimate of drug-likeness (QED) is 0.408. The van der Waals surface area contributed by atoms with Crippen molar-refractivity contribution in [3.8, 4) is 17.0 Å². The minimum absolute atomic E-state index is 0.169. The Labute approximate surface area is 250 Å². The number of aromatic nitrogens is 4. The third-order valence-corrected chi connectivity index (χ3v) is 10.3. The van der Waals surface area contributed by atoms with E-state index in [1.54, 1.807) is 6.07 Å². The van der Waals surface area contributed by atoms with Crippen LogP contribution in [-0.2, 0) is 4.79 Å². The van der Waals surface area contributed by atoms with Gasteiger partial charge in [-0.25, -0.2) is 9.97 Å². The average Bonchev–Trinajstić information content (AvgIpc) is 2.99. The molecule has 3 saturated heterocycles. The van der Waals surface area contributed by atoms with Gasteiger partial charge in [-0.1, -0.05) is 12.1 Å². The number of aliphatic carboxylic acids is 1. The SMILES string of the molecule is O=C(O)C1CC2(C1)CN(c1cnc(N3CCC(N4CCN5c6cc(-c7ccccc7O)nnc6NC[C@H]5C4)CC3)cn1)C2. The molecule has 1 aromatic carbocycles. The Morgan fingerprint density at radius 2 is 1.67 bits per heavy atom.